The number of carbonyl (C=O) groups is 2. The van der Waals surface area contributed by atoms with Crippen LogP contribution in [0.2, 0.25) is 0 Å². The van der Waals surface area contributed by atoms with E-state index in [0.717, 1.165) is 0 Å². The van der Waals surface area contributed by atoms with E-state index in [0.29, 0.717) is 31.6 Å². The van der Waals surface area contributed by atoms with Crippen LogP contribution in [0, 0.1) is 11.7 Å². The summed E-state index contributed by atoms with van der Waals surface area (Å²) in [7, 11) is 1.35. The van der Waals surface area contributed by atoms with E-state index in [1.165, 1.54) is 13.2 Å². The Balaban J connectivity index is 2.26. The standard InChI is InChI=1S/C17H23FN2O3/c1-4-16(21)20(15-8-6-5-7-13(15)18)14-9-10-19(11-12(14)2)17(22)23-3/h5-8,12,14H,4,9-11H2,1-3H3/t12-,14+/m0/s1. The van der Waals surface area contributed by atoms with Crippen molar-refractivity contribution in [3.8, 4) is 0 Å². The second kappa shape index (κ2) is 7.44. The second-order valence-corrected chi connectivity index (χ2v) is 5.82. The summed E-state index contributed by atoms with van der Waals surface area (Å²) in [5.41, 5.74) is 0.308. The molecule has 0 radical (unpaired) electrons. The fourth-order valence-corrected chi connectivity index (χ4v) is 3.13. The first-order valence-corrected chi connectivity index (χ1v) is 7.89. The SMILES string of the molecule is CCC(=O)N(c1ccccc1F)[C@@H]1CCN(C(=O)OC)C[C@@H]1C. The number of nitrogens with zero attached hydrogens (tertiary/aromatic N) is 2. The molecule has 1 fully saturated rings. The van der Waals surface area contributed by atoms with Gasteiger partial charge in [0.15, 0.2) is 0 Å². The maximum atomic E-state index is 14.2. The van der Waals surface area contributed by atoms with Gasteiger partial charge in [-0.25, -0.2) is 9.18 Å². The smallest absolute Gasteiger partial charge is 0.409 e. The molecule has 6 heteroatoms. The minimum Gasteiger partial charge on any atom is -0.453 e. The van der Waals surface area contributed by atoms with Gasteiger partial charge in [0.1, 0.15) is 5.82 Å². The first-order valence-electron chi connectivity index (χ1n) is 7.89. The van der Waals surface area contributed by atoms with Crippen molar-refractivity contribution in [3.63, 3.8) is 0 Å². The molecule has 1 aliphatic heterocycles. The quantitative estimate of drug-likeness (QED) is 0.859. The number of rotatable bonds is 3. The normalized spacial score (nSPS) is 21.0. The molecule has 126 valence electrons. The Labute approximate surface area is 136 Å². The van der Waals surface area contributed by atoms with Crippen molar-refractivity contribution in [2.75, 3.05) is 25.1 Å². The van der Waals surface area contributed by atoms with E-state index in [2.05, 4.69) is 0 Å². The van der Waals surface area contributed by atoms with Gasteiger partial charge in [-0.3, -0.25) is 4.79 Å². The van der Waals surface area contributed by atoms with Crippen LogP contribution in [-0.4, -0.2) is 43.1 Å². The fourth-order valence-electron chi connectivity index (χ4n) is 3.13. The molecule has 2 rings (SSSR count). The molecule has 1 aromatic carbocycles. The van der Waals surface area contributed by atoms with Crippen molar-refractivity contribution >= 4 is 17.7 Å². The third-order valence-electron chi connectivity index (χ3n) is 4.31. The minimum atomic E-state index is -0.406. The highest BCUT2D eigenvalue weighted by Gasteiger charge is 2.36. The Morgan fingerprint density at radius 3 is 2.65 bits per heavy atom. The van der Waals surface area contributed by atoms with Crippen molar-refractivity contribution in [1.29, 1.82) is 0 Å². The van der Waals surface area contributed by atoms with Gasteiger partial charge < -0.3 is 14.5 Å². The molecule has 1 aliphatic rings. The highest BCUT2D eigenvalue weighted by Crippen LogP contribution is 2.30. The van der Waals surface area contributed by atoms with E-state index in [9.17, 15) is 14.0 Å². The lowest BCUT2D eigenvalue weighted by Crippen LogP contribution is -2.53. The summed E-state index contributed by atoms with van der Waals surface area (Å²) in [6, 6.07) is 6.18. The molecular weight excluding hydrogens is 299 g/mol. The van der Waals surface area contributed by atoms with E-state index in [1.54, 1.807) is 34.9 Å². The average molecular weight is 322 g/mol. The number of ether oxygens (including phenoxy) is 1. The number of amides is 2. The molecule has 2 atom stereocenters. The van der Waals surface area contributed by atoms with Gasteiger partial charge in [0.2, 0.25) is 5.91 Å². The molecule has 0 aromatic heterocycles. The number of para-hydroxylation sites is 1. The van der Waals surface area contributed by atoms with Crippen LogP contribution in [0.4, 0.5) is 14.9 Å². The second-order valence-electron chi connectivity index (χ2n) is 5.82. The van der Waals surface area contributed by atoms with Crippen LogP contribution in [0.15, 0.2) is 24.3 Å². The summed E-state index contributed by atoms with van der Waals surface area (Å²) in [6.07, 6.45) is 0.531. The van der Waals surface area contributed by atoms with E-state index >= 15 is 0 Å². The van der Waals surface area contributed by atoms with Gasteiger partial charge in [-0.05, 0) is 24.5 Å². The Kier molecular flexibility index (Phi) is 5.58. The van der Waals surface area contributed by atoms with Crippen molar-refractivity contribution in [1.82, 2.24) is 4.90 Å². The van der Waals surface area contributed by atoms with Gasteiger partial charge in [-0.2, -0.15) is 0 Å². The van der Waals surface area contributed by atoms with Crippen LogP contribution < -0.4 is 4.90 Å². The van der Waals surface area contributed by atoms with Gasteiger partial charge in [0.25, 0.3) is 0 Å². The largest absolute Gasteiger partial charge is 0.453 e. The van der Waals surface area contributed by atoms with E-state index in [-0.39, 0.29) is 24.0 Å². The van der Waals surface area contributed by atoms with Gasteiger partial charge in [-0.1, -0.05) is 26.0 Å². The first kappa shape index (κ1) is 17.2. The monoisotopic (exact) mass is 322 g/mol. The molecule has 1 aromatic rings. The maximum absolute atomic E-state index is 14.2. The number of hydrogen-bond acceptors (Lipinski definition) is 3. The number of likely N-dealkylation sites (tertiary alicyclic amines) is 1. The molecule has 2 amide bonds. The molecule has 0 N–H and O–H groups in total. The summed E-state index contributed by atoms with van der Waals surface area (Å²) < 4.78 is 19.0. The molecule has 23 heavy (non-hydrogen) atoms. The summed E-state index contributed by atoms with van der Waals surface area (Å²) in [5, 5.41) is 0. The van der Waals surface area contributed by atoms with Gasteiger partial charge in [0, 0.05) is 25.6 Å². The zero-order chi connectivity index (χ0) is 17.0. The number of hydrogen-bond donors (Lipinski definition) is 0. The maximum Gasteiger partial charge on any atom is 0.409 e. The van der Waals surface area contributed by atoms with Gasteiger partial charge in [0.05, 0.1) is 12.8 Å². The van der Waals surface area contributed by atoms with Crippen molar-refractivity contribution in [3.05, 3.63) is 30.1 Å². The van der Waals surface area contributed by atoms with Crippen LogP contribution in [0.25, 0.3) is 0 Å². The number of halogens is 1. The predicted octanol–water partition coefficient (Wildman–Crippen LogP) is 3.05. The summed E-state index contributed by atoms with van der Waals surface area (Å²) in [6.45, 7) is 4.71. The highest BCUT2D eigenvalue weighted by atomic mass is 19.1. The van der Waals surface area contributed by atoms with Crippen LogP contribution in [0.3, 0.4) is 0 Å². The summed E-state index contributed by atoms with van der Waals surface area (Å²) in [5.74, 6) is -0.492. The third kappa shape index (κ3) is 3.63. The number of anilines is 1. The zero-order valence-electron chi connectivity index (χ0n) is 13.8. The van der Waals surface area contributed by atoms with Crippen LogP contribution >= 0.6 is 0 Å². The van der Waals surface area contributed by atoms with Crippen molar-refractivity contribution in [2.24, 2.45) is 5.92 Å². The highest BCUT2D eigenvalue weighted by molar-refractivity contribution is 5.94. The minimum absolute atomic E-state index is 0.0259. The van der Waals surface area contributed by atoms with Crippen molar-refractivity contribution in [2.45, 2.75) is 32.7 Å². The lowest BCUT2D eigenvalue weighted by atomic mass is 9.91. The Hall–Kier alpha value is -2.11. The molecule has 0 saturated carbocycles. The molecule has 0 spiro atoms. The van der Waals surface area contributed by atoms with Gasteiger partial charge in [-0.15, -0.1) is 0 Å². The molecular formula is C17H23FN2O3. The molecule has 0 aliphatic carbocycles. The predicted molar refractivity (Wildman–Crippen MR) is 85.7 cm³/mol. The molecule has 1 heterocycles. The topological polar surface area (TPSA) is 49.9 Å². The lowest BCUT2D eigenvalue weighted by Gasteiger charge is -2.42. The Morgan fingerprint density at radius 2 is 2.09 bits per heavy atom. The number of methoxy groups -OCH3 is 1. The van der Waals surface area contributed by atoms with E-state index in [1.807, 2.05) is 6.92 Å². The first-order chi connectivity index (χ1) is 11.0. The summed E-state index contributed by atoms with van der Waals surface area (Å²) in [4.78, 5) is 27.3. The average Bonchev–Trinajstić information content (AvgIpc) is 2.57. The zero-order valence-corrected chi connectivity index (χ0v) is 13.8. The van der Waals surface area contributed by atoms with E-state index in [4.69, 9.17) is 4.74 Å². The van der Waals surface area contributed by atoms with Crippen molar-refractivity contribution < 1.29 is 18.7 Å². The molecule has 1 saturated heterocycles. The number of piperidine rings is 1. The van der Waals surface area contributed by atoms with Crippen LogP contribution in [0.1, 0.15) is 26.7 Å². The molecule has 5 nitrogen and oxygen atoms in total. The van der Waals surface area contributed by atoms with Crippen LogP contribution in [0.5, 0.6) is 0 Å². The Bertz CT molecular complexity index is 579. The van der Waals surface area contributed by atoms with Crippen LogP contribution in [-0.2, 0) is 9.53 Å². The molecule has 0 unspecified atom stereocenters. The fraction of sp³-hybridized carbons (Fsp3) is 0.529. The van der Waals surface area contributed by atoms with Gasteiger partial charge >= 0.3 is 6.09 Å². The third-order valence-corrected chi connectivity index (χ3v) is 4.31. The number of carbonyl (C=O) groups excluding carboxylic acids is 2. The Morgan fingerprint density at radius 1 is 1.39 bits per heavy atom. The lowest BCUT2D eigenvalue weighted by molar-refractivity contribution is -0.119. The summed E-state index contributed by atoms with van der Waals surface area (Å²) >= 11 is 0. The van der Waals surface area contributed by atoms with E-state index < -0.39 is 5.82 Å². The molecule has 0 bridgehead atoms. The number of benzene rings is 1.